The van der Waals surface area contributed by atoms with E-state index in [0.717, 1.165) is 11.3 Å². The van der Waals surface area contributed by atoms with E-state index in [0.29, 0.717) is 48.9 Å². The van der Waals surface area contributed by atoms with Crippen LogP contribution in [0, 0.1) is 12.7 Å². The first-order valence-corrected chi connectivity index (χ1v) is 10.7. The number of carbonyl (C=O) groups excluding carboxylic acids is 2. The van der Waals surface area contributed by atoms with Crippen molar-refractivity contribution in [2.24, 2.45) is 0 Å². The minimum absolute atomic E-state index is 0.243. The van der Waals surface area contributed by atoms with Crippen LogP contribution in [0.3, 0.4) is 0 Å². The maximum Gasteiger partial charge on any atom is 0.323 e. The van der Waals surface area contributed by atoms with E-state index in [-0.39, 0.29) is 5.91 Å². The van der Waals surface area contributed by atoms with Gasteiger partial charge in [0.25, 0.3) is 5.91 Å². The fourth-order valence-electron chi connectivity index (χ4n) is 3.63. The van der Waals surface area contributed by atoms with Gasteiger partial charge in [-0.3, -0.25) is 4.79 Å². The van der Waals surface area contributed by atoms with Crippen LogP contribution in [0.15, 0.2) is 66.7 Å². The van der Waals surface area contributed by atoms with Gasteiger partial charge in [-0.15, -0.1) is 0 Å². The van der Waals surface area contributed by atoms with Gasteiger partial charge in [-0.25, -0.2) is 9.18 Å². The maximum atomic E-state index is 13.5. The molecule has 1 aliphatic rings. The van der Waals surface area contributed by atoms with Crippen LogP contribution in [-0.4, -0.2) is 38.2 Å². The fourth-order valence-corrected chi connectivity index (χ4v) is 3.63. The molecule has 0 bridgehead atoms. The molecule has 1 aliphatic heterocycles. The van der Waals surface area contributed by atoms with Crippen molar-refractivity contribution < 1.29 is 18.7 Å². The molecule has 1 fully saturated rings. The first-order valence-electron chi connectivity index (χ1n) is 10.7. The number of hydrogen-bond acceptors (Lipinski definition) is 4. The number of anilines is 4. The first kappa shape index (κ1) is 22.3. The number of urea groups is 1. The molecule has 3 aromatic rings. The van der Waals surface area contributed by atoms with Crippen molar-refractivity contribution in [2.75, 3.05) is 47.2 Å². The first-order chi connectivity index (χ1) is 16.0. The Morgan fingerprint density at radius 2 is 1.64 bits per heavy atom. The highest BCUT2D eigenvalue weighted by molar-refractivity contribution is 6.06. The van der Waals surface area contributed by atoms with Crippen LogP contribution >= 0.6 is 0 Å². The van der Waals surface area contributed by atoms with Crippen molar-refractivity contribution in [2.45, 2.75) is 6.92 Å². The second kappa shape index (κ2) is 10.1. The lowest BCUT2D eigenvalue weighted by molar-refractivity contribution is 0.102. The van der Waals surface area contributed by atoms with E-state index in [2.05, 4.69) is 20.9 Å². The standard InChI is InChI=1S/C25H25FN4O3/c1-17-4-2-5-18(14-17)24(31)27-21-8-9-23(30-10-12-33-13-11-30)22(16-21)29-25(32)28-20-7-3-6-19(26)15-20/h2-9,14-16H,10-13H2,1H3,(H,27,31)(H2,28,29,32). The summed E-state index contributed by atoms with van der Waals surface area (Å²) in [6.45, 7) is 4.44. The number of hydrogen-bond donors (Lipinski definition) is 3. The molecule has 0 unspecified atom stereocenters. The van der Waals surface area contributed by atoms with Gasteiger partial charge in [0.05, 0.1) is 24.6 Å². The Balaban J connectivity index is 1.56. The lowest BCUT2D eigenvalue weighted by Crippen LogP contribution is -2.37. The Bertz CT molecular complexity index is 1160. The number of ether oxygens (including phenoxy) is 1. The molecule has 0 saturated carbocycles. The van der Waals surface area contributed by atoms with Crippen LogP contribution in [0.5, 0.6) is 0 Å². The second-order valence-electron chi connectivity index (χ2n) is 7.74. The zero-order chi connectivity index (χ0) is 23.2. The summed E-state index contributed by atoms with van der Waals surface area (Å²) in [7, 11) is 0. The van der Waals surface area contributed by atoms with E-state index >= 15 is 0 Å². The number of amides is 3. The number of carbonyl (C=O) groups is 2. The maximum absolute atomic E-state index is 13.5. The zero-order valence-corrected chi connectivity index (χ0v) is 18.2. The highest BCUT2D eigenvalue weighted by atomic mass is 19.1. The Morgan fingerprint density at radius 1 is 0.879 bits per heavy atom. The van der Waals surface area contributed by atoms with Crippen LogP contribution in [0.4, 0.5) is 31.9 Å². The molecule has 3 aromatic carbocycles. The molecule has 4 rings (SSSR count). The number of aryl methyl sites for hydroxylation is 1. The van der Waals surface area contributed by atoms with E-state index < -0.39 is 11.8 Å². The molecule has 3 amide bonds. The summed E-state index contributed by atoms with van der Waals surface area (Å²) in [4.78, 5) is 27.4. The summed E-state index contributed by atoms with van der Waals surface area (Å²) >= 11 is 0. The minimum atomic E-state index is -0.516. The van der Waals surface area contributed by atoms with E-state index in [1.54, 1.807) is 24.3 Å². The molecule has 1 heterocycles. The van der Waals surface area contributed by atoms with E-state index in [4.69, 9.17) is 4.74 Å². The average Bonchev–Trinajstić information content (AvgIpc) is 2.80. The predicted octanol–water partition coefficient (Wildman–Crippen LogP) is 4.87. The third-order valence-electron chi connectivity index (χ3n) is 5.22. The van der Waals surface area contributed by atoms with Gasteiger partial charge < -0.3 is 25.6 Å². The lowest BCUT2D eigenvalue weighted by Gasteiger charge is -2.30. The van der Waals surface area contributed by atoms with Gasteiger partial charge in [0.15, 0.2) is 0 Å². The molecule has 7 nitrogen and oxygen atoms in total. The Morgan fingerprint density at radius 3 is 2.39 bits per heavy atom. The molecule has 0 aromatic heterocycles. The average molecular weight is 448 g/mol. The highest BCUT2D eigenvalue weighted by Gasteiger charge is 2.18. The van der Waals surface area contributed by atoms with Crippen molar-refractivity contribution in [3.8, 4) is 0 Å². The minimum Gasteiger partial charge on any atom is -0.378 e. The van der Waals surface area contributed by atoms with Crippen molar-refractivity contribution in [1.29, 1.82) is 0 Å². The van der Waals surface area contributed by atoms with Crippen molar-refractivity contribution in [3.63, 3.8) is 0 Å². The van der Waals surface area contributed by atoms with E-state index in [1.165, 1.54) is 18.2 Å². The van der Waals surface area contributed by atoms with Gasteiger partial charge in [0.1, 0.15) is 5.82 Å². The van der Waals surface area contributed by atoms with Crippen LogP contribution < -0.4 is 20.9 Å². The molecule has 3 N–H and O–H groups in total. The Labute approximate surface area is 191 Å². The number of morpholine rings is 1. The normalized spacial score (nSPS) is 13.3. The van der Waals surface area contributed by atoms with Gasteiger partial charge >= 0.3 is 6.03 Å². The number of nitrogens with zero attached hydrogens (tertiary/aromatic N) is 1. The third kappa shape index (κ3) is 5.87. The summed E-state index contributed by atoms with van der Waals surface area (Å²) in [5, 5.41) is 8.35. The van der Waals surface area contributed by atoms with E-state index in [1.807, 2.05) is 31.2 Å². The monoisotopic (exact) mass is 448 g/mol. The lowest BCUT2D eigenvalue weighted by atomic mass is 10.1. The fraction of sp³-hybridized carbons (Fsp3) is 0.200. The number of nitrogens with one attached hydrogen (secondary N) is 3. The molecule has 33 heavy (non-hydrogen) atoms. The van der Waals surface area contributed by atoms with Gasteiger partial charge in [0, 0.05) is 30.0 Å². The smallest absolute Gasteiger partial charge is 0.323 e. The summed E-state index contributed by atoms with van der Waals surface area (Å²) in [5.74, 6) is -0.685. The largest absolute Gasteiger partial charge is 0.378 e. The van der Waals surface area contributed by atoms with Crippen LogP contribution in [0.1, 0.15) is 15.9 Å². The quantitative estimate of drug-likeness (QED) is 0.520. The Kier molecular flexibility index (Phi) is 6.85. The van der Waals surface area contributed by atoms with Crippen LogP contribution in [0.25, 0.3) is 0 Å². The molecule has 170 valence electrons. The molecular formula is C25H25FN4O3. The third-order valence-corrected chi connectivity index (χ3v) is 5.22. The summed E-state index contributed by atoms with van der Waals surface area (Å²) < 4.78 is 18.9. The van der Waals surface area contributed by atoms with Crippen LogP contribution in [-0.2, 0) is 4.74 Å². The van der Waals surface area contributed by atoms with Crippen molar-refractivity contribution in [1.82, 2.24) is 0 Å². The van der Waals surface area contributed by atoms with Crippen molar-refractivity contribution >= 4 is 34.7 Å². The molecule has 0 aliphatic carbocycles. The molecular weight excluding hydrogens is 423 g/mol. The van der Waals surface area contributed by atoms with Gasteiger partial charge in [0.2, 0.25) is 0 Å². The van der Waals surface area contributed by atoms with Gasteiger partial charge in [-0.2, -0.15) is 0 Å². The SMILES string of the molecule is Cc1cccc(C(=O)Nc2ccc(N3CCOCC3)c(NC(=O)Nc3cccc(F)c3)c2)c1. The molecule has 8 heteroatoms. The summed E-state index contributed by atoms with van der Waals surface area (Å²) in [6.07, 6.45) is 0. The number of halogens is 1. The second-order valence-corrected chi connectivity index (χ2v) is 7.74. The van der Waals surface area contributed by atoms with Crippen LogP contribution in [0.2, 0.25) is 0 Å². The predicted molar refractivity (Wildman–Crippen MR) is 128 cm³/mol. The molecule has 0 atom stereocenters. The Hall–Kier alpha value is -3.91. The summed E-state index contributed by atoms with van der Waals surface area (Å²) in [6, 6.07) is 17.8. The molecule has 0 spiro atoms. The highest BCUT2D eigenvalue weighted by Crippen LogP contribution is 2.30. The molecule has 0 radical (unpaired) electrons. The number of rotatable bonds is 5. The van der Waals surface area contributed by atoms with E-state index in [9.17, 15) is 14.0 Å². The topological polar surface area (TPSA) is 82.7 Å². The van der Waals surface area contributed by atoms with Crippen molar-refractivity contribution in [3.05, 3.63) is 83.7 Å². The summed E-state index contributed by atoms with van der Waals surface area (Å²) in [5.41, 5.74) is 3.74. The van der Waals surface area contributed by atoms with Gasteiger partial charge in [-0.1, -0.05) is 23.8 Å². The number of benzene rings is 3. The molecule has 1 saturated heterocycles. The van der Waals surface area contributed by atoms with Gasteiger partial charge in [-0.05, 0) is 55.5 Å². The zero-order valence-electron chi connectivity index (χ0n) is 18.2.